The Bertz CT molecular complexity index is 1150. The third-order valence-electron chi connectivity index (χ3n) is 5.12. The molecule has 2 aromatic carbocycles. The van der Waals surface area contributed by atoms with E-state index in [0.717, 1.165) is 31.4 Å². The predicted molar refractivity (Wildman–Crippen MR) is 119 cm³/mol. The van der Waals surface area contributed by atoms with E-state index < -0.39 is 17.7 Å². The van der Waals surface area contributed by atoms with Gasteiger partial charge in [0.1, 0.15) is 0 Å². The number of carboxylic acids is 1. The van der Waals surface area contributed by atoms with Crippen LogP contribution >= 0.6 is 0 Å². The number of aromatic nitrogens is 2. The lowest BCUT2D eigenvalue weighted by Gasteiger charge is -2.15. The Hall–Kier alpha value is -3.62. The van der Waals surface area contributed by atoms with Crippen molar-refractivity contribution in [3.63, 3.8) is 0 Å². The molecule has 1 heterocycles. The number of benzene rings is 2. The van der Waals surface area contributed by atoms with Crippen LogP contribution in [0.3, 0.4) is 0 Å². The highest BCUT2D eigenvalue weighted by Gasteiger charge is 2.30. The fourth-order valence-corrected chi connectivity index (χ4v) is 3.28. The summed E-state index contributed by atoms with van der Waals surface area (Å²) >= 11 is 0. The molecule has 0 aliphatic heterocycles. The highest BCUT2D eigenvalue weighted by Crippen LogP contribution is 2.30. The Kier molecular flexibility index (Phi) is 7.52. The topological polar surface area (TPSA) is 84.2 Å². The van der Waals surface area contributed by atoms with Crippen LogP contribution in [-0.2, 0) is 12.7 Å². The van der Waals surface area contributed by atoms with Gasteiger partial charge in [0.05, 0.1) is 23.4 Å². The quantitative estimate of drug-likeness (QED) is 0.426. The average Bonchev–Trinajstić information content (AvgIpc) is 2.78. The lowest BCUT2D eigenvalue weighted by molar-refractivity contribution is -0.137. The molecule has 0 aliphatic rings. The Morgan fingerprint density at radius 2 is 1.73 bits per heavy atom. The number of unbranched alkanes of at least 4 members (excludes halogenated alkanes) is 2. The Balaban J connectivity index is 1.94. The summed E-state index contributed by atoms with van der Waals surface area (Å²) in [6.45, 7) is 2.81. The van der Waals surface area contributed by atoms with Crippen molar-refractivity contribution in [3.8, 4) is 11.3 Å². The standard InChI is InChI=1S/C24H24F3N3O3/c1-2-3-4-13-28-23-29-20(17-9-11-19(12-10-17)24(25,26)27)14-21(31)30(23)15-16-5-7-18(8-6-16)22(32)33/h5-12,14H,2-4,13,15H2,1H3,(H,28,29)(H,32,33). The van der Waals surface area contributed by atoms with Crippen molar-refractivity contribution in [2.24, 2.45) is 0 Å². The minimum absolute atomic E-state index is 0.139. The molecule has 2 N–H and O–H groups in total. The molecule has 0 radical (unpaired) electrons. The van der Waals surface area contributed by atoms with Crippen LogP contribution in [0.4, 0.5) is 19.1 Å². The largest absolute Gasteiger partial charge is 0.478 e. The molecule has 6 nitrogen and oxygen atoms in total. The van der Waals surface area contributed by atoms with E-state index in [4.69, 9.17) is 5.11 Å². The molecule has 0 saturated heterocycles. The third-order valence-corrected chi connectivity index (χ3v) is 5.12. The molecule has 0 unspecified atom stereocenters. The van der Waals surface area contributed by atoms with Crippen molar-refractivity contribution in [1.82, 2.24) is 9.55 Å². The number of carbonyl (C=O) groups is 1. The predicted octanol–water partition coefficient (Wildman–Crippen LogP) is 5.28. The Labute approximate surface area is 188 Å². The first kappa shape index (κ1) is 24.0. The summed E-state index contributed by atoms with van der Waals surface area (Å²) in [5, 5.41) is 12.2. The van der Waals surface area contributed by atoms with Gasteiger partial charge >= 0.3 is 12.1 Å². The fraction of sp³-hybridized carbons (Fsp3) is 0.292. The molecule has 1 aromatic heterocycles. The molecule has 0 atom stereocenters. The first-order valence-electron chi connectivity index (χ1n) is 10.5. The van der Waals surface area contributed by atoms with E-state index in [1.54, 1.807) is 12.1 Å². The zero-order valence-electron chi connectivity index (χ0n) is 18.0. The van der Waals surface area contributed by atoms with Crippen LogP contribution in [0.25, 0.3) is 11.3 Å². The average molecular weight is 459 g/mol. The number of carboxylic acid groups (broad SMARTS) is 1. The number of halogens is 3. The van der Waals surface area contributed by atoms with E-state index in [9.17, 15) is 22.8 Å². The minimum Gasteiger partial charge on any atom is -0.478 e. The zero-order valence-corrected chi connectivity index (χ0v) is 18.0. The van der Waals surface area contributed by atoms with Crippen molar-refractivity contribution >= 4 is 11.9 Å². The van der Waals surface area contributed by atoms with E-state index in [1.807, 2.05) is 0 Å². The van der Waals surface area contributed by atoms with Gasteiger partial charge < -0.3 is 10.4 Å². The van der Waals surface area contributed by atoms with Gasteiger partial charge in [0.2, 0.25) is 5.95 Å². The Morgan fingerprint density at radius 1 is 1.06 bits per heavy atom. The molecule has 0 fully saturated rings. The number of rotatable bonds is 9. The second-order valence-electron chi connectivity index (χ2n) is 7.60. The maximum atomic E-state index is 12.9. The van der Waals surface area contributed by atoms with Crippen LogP contribution < -0.4 is 10.9 Å². The maximum absolute atomic E-state index is 12.9. The number of hydrogen-bond acceptors (Lipinski definition) is 4. The normalized spacial score (nSPS) is 11.4. The van der Waals surface area contributed by atoms with Gasteiger partial charge in [0, 0.05) is 18.2 Å². The smallest absolute Gasteiger partial charge is 0.416 e. The summed E-state index contributed by atoms with van der Waals surface area (Å²) in [5.74, 6) is -0.740. The van der Waals surface area contributed by atoms with Crippen LogP contribution in [-0.4, -0.2) is 27.2 Å². The lowest BCUT2D eigenvalue weighted by atomic mass is 10.1. The molecule has 0 spiro atoms. The first-order valence-corrected chi connectivity index (χ1v) is 10.5. The summed E-state index contributed by atoms with van der Waals surface area (Å²) in [7, 11) is 0. The summed E-state index contributed by atoms with van der Waals surface area (Å²) < 4.78 is 40.0. The highest BCUT2D eigenvalue weighted by molar-refractivity contribution is 5.87. The molecule has 0 aliphatic carbocycles. The zero-order chi connectivity index (χ0) is 24.0. The molecule has 0 bridgehead atoms. The second-order valence-corrected chi connectivity index (χ2v) is 7.60. The van der Waals surface area contributed by atoms with E-state index in [1.165, 1.54) is 34.9 Å². The van der Waals surface area contributed by atoms with Gasteiger partial charge in [-0.1, -0.05) is 44.0 Å². The van der Waals surface area contributed by atoms with Crippen LogP contribution in [0, 0.1) is 0 Å². The van der Waals surface area contributed by atoms with E-state index in [-0.39, 0.29) is 23.4 Å². The van der Waals surface area contributed by atoms with Crippen molar-refractivity contribution < 1.29 is 23.1 Å². The van der Waals surface area contributed by atoms with Crippen molar-refractivity contribution in [3.05, 3.63) is 81.6 Å². The number of hydrogen-bond donors (Lipinski definition) is 2. The molecule has 0 amide bonds. The molecule has 3 aromatic rings. The number of alkyl halides is 3. The SMILES string of the molecule is CCCCCNc1nc(-c2ccc(C(F)(F)F)cc2)cc(=O)n1Cc1ccc(C(=O)O)cc1. The number of aromatic carboxylic acids is 1. The fourth-order valence-electron chi connectivity index (χ4n) is 3.28. The van der Waals surface area contributed by atoms with Gasteiger partial charge in [0.25, 0.3) is 5.56 Å². The Morgan fingerprint density at radius 3 is 2.30 bits per heavy atom. The van der Waals surface area contributed by atoms with Gasteiger partial charge in [-0.25, -0.2) is 9.78 Å². The van der Waals surface area contributed by atoms with Gasteiger partial charge in [-0.05, 0) is 36.2 Å². The van der Waals surface area contributed by atoms with Crippen LogP contribution in [0.15, 0.2) is 59.4 Å². The van der Waals surface area contributed by atoms with E-state index in [2.05, 4.69) is 17.2 Å². The first-order chi connectivity index (χ1) is 15.7. The second kappa shape index (κ2) is 10.3. The number of nitrogens with zero attached hydrogens (tertiary/aromatic N) is 2. The van der Waals surface area contributed by atoms with E-state index in [0.29, 0.717) is 23.6 Å². The van der Waals surface area contributed by atoms with Crippen LogP contribution in [0.5, 0.6) is 0 Å². The molecule has 3 rings (SSSR count). The van der Waals surface area contributed by atoms with Gasteiger partial charge in [-0.2, -0.15) is 13.2 Å². The summed E-state index contributed by atoms with van der Waals surface area (Å²) in [4.78, 5) is 28.5. The minimum atomic E-state index is -4.45. The highest BCUT2D eigenvalue weighted by atomic mass is 19.4. The summed E-state index contributed by atoms with van der Waals surface area (Å²) in [6.07, 6.45) is -1.57. The molecule has 0 saturated carbocycles. The lowest BCUT2D eigenvalue weighted by Crippen LogP contribution is -2.25. The third kappa shape index (κ3) is 6.21. The molecule has 9 heteroatoms. The molecular weight excluding hydrogens is 435 g/mol. The molecule has 33 heavy (non-hydrogen) atoms. The summed E-state index contributed by atoms with van der Waals surface area (Å²) in [6, 6.07) is 12.0. The molecular formula is C24H24F3N3O3. The monoisotopic (exact) mass is 459 g/mol. The summed E-state index contributed by atoms with van der Waals surface area (Å²) in [5.41, 5.74) is 0.365. The van der Waals surface area contributed by atoms with Crippen molar-refractivity contribution in [2.75, 3.05) is 11.9 Å². The van der Waals surface area contributed by atoms with Gasteiger partial charge in [-0.15, -0.1) is 0 Å². The van der Waals surface area contributed by atoms with E-state index >= 15 is 0 Å². The number of nitrogens with one attached hydrogen (secondary N) is 1. The van der Waals surface area contributed by atoms with Gasteiger partial charge in [-0.3, -0.25) is 9.36 Å². The molecule has 174 valence electrons. The maximum Gasteiger partial charge on any atom is 0.416 e. The van der Waals surface area contributed by atoms with Crippen LogP contribution in [0.1, 0.15) is 47.7 Å². The number of anilines is 1. The van der Waals surface area contributed by atoms with Crippen molar-refractivity contribution in [2.45, 2.75) is 38.9 Å². The van der Waals surface area contributed by atoms with Crippen LogP contribution in [0.2, 0.25) is 0 Å². The van der Waals surface area contributed by atoms with Crippen molar-refractivity contribution in [1.29, 1.82) is 0 Å². The van der Waals surface area contributed by atoms with Gasteiger partial charge in [0.15, 0.2) is 0 Å².